The molecular formula is C16H25N3. The summed E-state index contributed by atoms with van der Waals surface area (Å²) in [7, 11) is 1.83. The van der Waals surface area contributed by atoms with E-state index in [1.807, 2.05) is 7.05 Å². The van der Waals surface area contributed by atoms with E-state index in [1.165, 1.54) is 12.0 Å². The van der Waals surface area contributed by atoms with E-state index in [0.717, 1.165) is 30.9 Å². The van der Waals surface area contributed by atoms with Crippen LogP contribution in [0.1, 0.15) is 31.7 Å². The van der Waals surface area contributed by atoms with Crippen molar-refractivity contribution in [1.82, 2.24) is 10.6 Å². The Balaban J connectivity index is 1.72. The SMILES string of the molecule is CN=C(NCC(C)C)NCC1CC1c1ccccc1. The molecule has 0 aromatic heterocycles. The molecule has 0 heterocycles. The highest BCUT2D eigenvalue weighted by molar-refractivity contribution is 5.79. The average molecular weight is 259 g/mol. The summed E-state index contributed by atoms with van der Waals surface area (Å²) in [6.07, 6.45) is 1.29. The first-order chi connectivity index (χ1) is 9.20. The summed E-state index contributed by atoms with van der Waals surface area (Å²) in [6.45, 7) is 6.38. The largest absolute Gasteiger partial charge is 0.356 e. The van der Waals surface area contributed by atoms with E-state index in [4.69, 9.17) is 0 Å². The number of guanidine groups is 1. The van der Waals surface area contributed by atoms with Gasteiger partial charge in [0.25, 0.3) is 0 Å². The molecule has 3 nitrogen and oxygen atoms in total. The van der Waals surface area contributed by atoms with Crippen molar-refractivity contribution >= 4 is 5.96 Å². The molecule has 0 saturated heterocycles. The van der Waals surface area contributed by atoms with Gasteiger partial charge in [0.05, 0.1) is 0 Å². The van der Waals surface area contributed by atoms with Crippen LogP contribution >= 0.6 is 0 Å². The first-order valence-electron chi connectivity index (χ1n) is 7.20. The molecule has 2 rings (SSSR count). The maximum Gasteiger partial charge on any atom is 0.190 e. The second kappa shape index (κ2) is 6.60. The maximum atomic E-state index is 4.25. The topological polar surface area (TPSA) is 36.4 Å². The lowest BCUT2D eigenvalue weighted by atomic mass is 10.1. The predicted molar refractivity (Wildman–Crippen MR) is 81.5 cm³/mol. The smallest absolute Gasteiger partial charge is 0.190 e. The van der Waals surface area contributed by atoms with Crippen LogP contribution in [0.15, 0.2) is 35.3 Å². The molecule has 1 fully saturated rings. The quantitative estimate of drug-likeness (QED) is 0.630. The van der Waals surface area contributed by atoms with E-state index < -0.39 is 0 Å². The zero-order valence-corrected chi connectivity index (χ0v) is 12.2. The maximum absolute atomic E-state index is 4.25. The van der Waals surface area contributed by atoms with Crippen LogP contribution in [0.4, 0.5) is 0 Å². The Morgan fingerprint density at radius 2 is 2.00 bits per heavy atom. The molecule has 2 atom stereocenters. The molecule has 0 aliphatic heterocycles. The van der Waals surface area contributed by atoms with Crippen molar-refractivity contribution in [1.29, 1.82) is 0 Å². The van der Waals surface area contributed by atoms with Crippen LogP contribution in [0, 0.1) is 11.8 Å². The lowest BCUT2D eigenvalue weighted by Gasteiger charge is -2.13. The third-order valence-corrected chi connectivity index (χ3v) is 3.58. The Labute approximate surface area is 116 Å². The van der Waals surface area contributed by atoms with Gasteiger partial charge in [-0.05, 0) is 29.7 Å². The van der Waals surface area contributed by atoms with Gasteiger partial charge >= 0.3 is 0 Å². The van der Waals surface area contributed by atoms with E-state index in [-0.39, 0.29) is 0 Å². The van der Waals surface area contributed by atoms with E-state index in [1.54, 1.807) is 0 Å². The first kappa shape index (κ1) is 13.9. The number of benzene rings is 1. The van der Waals surface area contributed by atoms with Crippen LogP contribution in [0.3, 0.4) is 0 Å². The molecule has 2 N–H and O–H groups in total. The van der Waals surface area contributed by atoms with Gasteiger partial charge in [-0.3, -0.25) is 4.99 Å². The molecule has 3 heteroatoms. The van der Waals surface area contributed by atoms with Gasteiger partial charge in [0.1, 0.15) is 0 Å². The van der Waals surface area contributed by atoms with Crippen molar-refractivity contribution in [2.45, 2.75) is 26.2 Å². The number of hydrogen-bond donors (Lipinski definition) is 2. The lowest BCUT2D eigenvalue weighted by Crippen LogP contribution is -2.40. The summed E-state index contributed by atoms with van der Waals surface area (Å²) in [5.41, 5.74) is 1.47. The van der Waals surface area contributed by atoms with Crippen molar-refractivity contribution in [2.24, 2.45) is 16.8 Å². The third kappa shape index (κ3) is 4.27. The second-order valence-corrected chi connectivity index (χ2v) is 5.74. The second-order valence-electron chi connectivity index (χ2n) is 5.74. The molecule has 0 spiro atoms. The van der Waals surface area contributed by atoms with E-state index in [2.05, 4.69) is 59.8 Å². The molecule has 0 bridgehead atoms. The standard InChI is InChI=1S/C16H25N3/c1-12(2)10-18-16(17-3)19-11-14-9-15(14)13-7-5-4-6-8-13/h4-8,12,14-15H,9-11H2,1-3H3,(H2,17,18,19). The number of nitrogens with one attached hydrogen (secondary N) is 2. The van der Waals surface area contributed by atoms with Crippen LogP contribution in [0.25, 0.3) is 0 Å². The van der Waals surface area contributed by atoms with Crippen molar-refractivity contribution < 1.29 is 0 Å². The number of hydrogen-bond acceptors (Lipinski definition) is 1. The van der Waals surface area contributed by atoms with Gasteiger partial charge in [0.2, 0.25) is 0 Å². The summed E-state index contributed by atoms with van der Waals surface area (Å²) in [5.74, 6) is 3.04. The van der Waals surface area contributed by atoms with Crippen LogP contribution in [-0.4, -0.2) is 26.1 Å². The zero-order chi connectivity index (χ0) is 13.7. The summed E-state index contributed by atoms with van der Waals surface area (Å²) in [6, 6.07) is 10.8. The molecule has 104 valence electrons. The molecule has 19 heavy (non-hydrogen) atoms. The third-order valence-electron chi connectivity index (χ3n) is 3.58. The number of rotatable bonds is 5. The Hall–Kier alpha value is -1.51. The van der Waals surface area contributed by atoms with E-state index in [0.29, 0.717) is 5.92 Å². The molecule has 1 aliphatic rings. The van der Waals surface area contributed by atoms with Gasteiger partial charge in [0.15, 0.2) is 5.96 Å². The normalized spacial score (nSPS) is 22.4. The van der Waals surface area contributed by atoms with Gasteiger partial charge in [-0.25, -0.2) is 0 Å². The Kier molecular flexibility index (Phi) is 4.83. The number of aliphatic imine (C=N–C) groups is 1. The lowest BCUT2D eigenvalue weighted by molar-refractivity contribution is 0.610. The fraction of sp³-hybridized carbons (Fsp3) is 0.562. The predicted octanol–water partition coefficient (Wildman–Crippen LogP) is 2.61. The van der Waals surface area contributed by atoms with Gasteiger partial charge < -0.3 is 10.6 Å². The fourth-order valence-electron chi connectivity index (χ4n) is 2.33. The van der Waals surface area contributed by atoms with Gasteiger partial charge in [-0.1, -0.05) is 44.2 Å². The molecule has 2 unspecified atom stereocenters. The van der Waals surface area contributed by atoms with E-state index in [9.17, 15) is 0 Å². The average Bonchev–Trinajstić information content (AvgIpc) is 3.19. The molecule has 0 radical (unpaired) electrons. The summed E-state index contributed by atoms with van der Waals surface area (Å²) >= 11 is 0. The molecule has 1 aromatic carbocycles. The van der Waals surface area contributed by atoms with Crippen LogP contribution in [-0.2, 0) is 0 Å². The van der Waals surface area contributed by atoms with Gasteiger partial charge in [-0.2, -0.15) is 0 Å². The Morgan fingerprint density at radius 3 is 2.63 bits per heavy atom. The minimum atomic E-state index is 0.636. The molecular weight excluding hydrogens is 234 g/mol. The fourth-order valence-corrected chi connectivity index (χ4v) is 2.33. The minimum Gasteiger partial charge on any atom is -0.356 e. The molecule has 1 aromatic rings. The van der Waals surface area contributed by atoms with Crippen LogP contribution in [0.2, 0.25) is 0 Å². The summed E-state index contributed by atoms with van der Waals surface area (Å²) < 4.78 is 0. The highest BCUT2D eigenvalue weighted by atomic mass is 15.2. The monoisotopic (exact) mass is 259 g/mol. The van der Waals surface area contributed by atoms with E-state index >= 15 is 0 Å². The first-order valence-corrected chi connectivity index (χ1v) is 7.20. The van der Waals surface area contributed by atoms with Gasteiger partial charge in [-0.15, -0.1) is 0 Å². The minimum absolute atomic E-state index is 0.636. The van der Waals surface area contributed by atoms with Crippen molar-refractivity contribution in [3.8, 4) is 0 Å². The molecule has 1 saturated carbocycles. The highest BCUT2D eigenvalue weighted by Gasteiger charge is 2.37. The highest BCUT2D eigenvalue weighted by Crippen LogP contribution is 2.46. The van der Waals surface area contributed by atoms with Crippen LogP contribution < -0.4 is 10.6 Å². The van der Waals surface area contributed by atoms with Gasteiger partial charge in [0, 0.05) is 20.1 Å². The van der Waals surface area contributed by atoms with Crippen molar-refractivity contribution in [3.63, 3.8) is 0 Å². The zero-order valence-electron chi connectivity index (χ0n) is 12.2. The Bertz CT molecular complexity index is 411. The Morgan fingerprint density at radius 1 is 1.26 bits per heavy atom. The number of nitrogens with zero attached hydrogens (tertiary/aromatic N) is 1. The van der Waals surface area contributed by atoms with Crippen molar-refractivity contribution in [3.05, 3.63) is 35.9 Å². The molecule has 1 aliphatic carbocycles. The van der Waals surface area contributed by atoms with Crippen LogP contribution in [0.5, 0.6) is 0 Å². The summed E-state index contributed by atoms with van der Waals surface area (Å²) in [5, 5.41) is 6.77. The molecule has 0 amide bonds. The summed E-state index contributed by atoms with van der Waals surface area (Å²) in [4.78, 5) is 4.25. The van der Waals surface area contributed by atoms with Crippen molar-refractivity contribution in [2.75, 3.05) is 20.1 Å².